The molecule has 2 atom stereocenters. The highest BCUT2D eigenvalue weighted by molar-refractivity contribution is 7.13. The molecular formula is C20H33N5O2S. The zero-order chi connectivity index (χ0) is 19.3. The summed E-state index contributed by atoms with van der Waals surface area (Å²) >= 11 is 1.67. The van der Waals surface area contributed by atoms with Crippen LogP contribution >= 0.6 is 11.3 Å². The SMILES string of the molecule is CCOC(=O)N1CCCC(N2CCC(C3CCCN3c3nncs3)CC2)CC1. The number of rotatable bonds is 4. The molecule has 0 radical (unpaired) electrons. The van der Waals surface area contributed by atoms with Crippen molar-refractivity contribution in [3.8, 4) is 0 Å². The Kier molecular flexibility index (Phi) is 6.67. The van der Waals surface area contributed by atoms with E-state index in [1.807, 2.05) is 17.3 Å². The molecular weight excluding hydrogens is 374 g/mol. The van der Waals surface area contributed by atoms with Crippen LogP contribution in [0.2, 0.25) is 0 Å². The average molecular weight is 408 g/mol. The topological polar surface area (TPSA) is 61.8 Å². The third kappa shape index (κ3) is 4.43. The van der Waals surface area contributed by atoms with Gasteiger partial charge in [-0.15, -0.1) is 10.2 Å². The van der Waals surface area contributed by atoms with Gasteiger partial charge in [-0.1, -0.05) is 11.3 Å². The quantitative estimate of drug-likeness (QED) is 0.764. The molecule has 0 aromatic carbocycles. The maximum absolute atomic E-state index is 12.0. The first-order chi connectivity index (χ1) is 13.8. The normalized spacial score (nSPS) is 27.8. The molecule has 3 aliphatic heterocycles. The lowest BCUT2D eigenvalue weighted by Gasteiger charge is -2.41. The zero-order valence-electron chi connectivity index (χ0n) is 17.0. The third-order valence-corrected chi connectivity index (χ3v) is 7.48. The summed E-state index contributed by atoms with van der Waals surface area (Å²) in [5, 5.41) is 9.46. The monoisotopic (exact) mass is 407 g/mol. The molecule has 0 saturated carbocycles. The number of carbonyl (C=O) groups is 1. The lowest BCUT2D eigenvalue weighted by Crippen LogP contribution is -2.46. The fourth-order valence-corrected chi connectivity index (χ4v) is 5.97. The molecule has 1 aromatic rings. The molecule has 3 saturated heterocycles. The zero-order valence-corrected chi connectivity index (χ0v) is 17.8. The Hall–Kier alpha value is -1.41. The Bertz CT molecular complexity index is 620. The van der Waals surface area contributed by atoms with E-state index in [0.717, 1.165) is 43.5 Å². The van der Waals surface area contributed by atoms with Crippen LogP contribution in [0.5, 0.6) is 0 Å². The first-order valence-electron chi connectivity index (χ1n) is 10.9. The second-order valence-corrected chi connectivity index (χ2v) is 9.08. The van der Waals surface area contributed by atoms with Gasteiger partial charge in [0, 0.05) is 31.7 Å². The molecule has 0 spiro atoms. The molecule has 2 unspecified atom stereocenters. The van der Waals surface area contributed by atoms with E-state index in [1.165, 1.54) is 45.2 Å². The lowest BCUT2D eigenvalue weighted by atomic mass is 9.87. The van der Waals surface area contributed by atoms with Gasteiger partial charge in [0.25, 0.3) is 0 Å². The minimum Gasteiger partial charge on any atom is -0.450 e. The van der Waals surface area contributed by atoms with Crippen molar-refractivity contribution in [2.75, 3.05) is 44.2 Å². The van der Waals surface area contributed by atoms with E-state index >= 15 is 0 Å². The van der Waals surface area contributed by atoms with Gasteiger partial charge in [-0.05, 0) is 70.9 Å². The van der Waals surface area contributed by atoms with Gasteiger partial charge in [-0.2, -0.15) is 0 Å². The molecule has 8 heteroatoms. The predicted molar refractivity (Wildman–Crippen MR) is 111 cm³/mol. The number of hydrogen-bond donors (Lipinski definition) is 0. The second-order valence-electron chi connectivity index (χ2n) is 8.27. The molecule has 4 heterocycles. The summed E-state index contributed by atoms with van der Waals surface area (Å²) in [7, 11) is 0. The summed E-state index contributed by atoms with van der Waals surface area (Å²) in [6.45, 7) is 7.51. The lowest BCUT2D eigenvalue weighted by molar-refractivity contribution is 0.101. The van der Waals surface area contributed by atoms with Crippen LogP contribution in [-0.4, -0.2) is 77.5 Å². The van der Waals surface area contributed by atoms with E-state index in [-0.39, 0.29) is 6.09 Å². The fraction of sp³-hybridized carbons (Fsp3) is 0.850. The number of anilines is 1. The molecule has 1 aromatic heterocycles. The van der Waals surface area contributed by atoms with Crippen molar-refractivity contribution < 1.29 is 9.53 Å². The number of nitrogens with zero attached hydrogens (tertiary/aromatic N) is 5. The van der Waals surface area contributed by atoms with Crippen molar-refractivity contribution in [3.63, 3.8) is 0 Å². The molecule has 0 aliphatic carbocycles. The van der Waals surface area contributed by atoms with Crippen molar-refractivity contribution in [2.45, 2.75) is 64.0 Å². The Morgan fingerprint density at radius 3 is 2.68 bits per heavy atom. The van der Waals surface area contributed by atoms with Crippen molar-refractivity contribution in [3.05, 3.63) is 5.51 Å². The number of aromatic nitrogens is 2. The highest BCUT2D eigenvalue weighted by atomic mass is 32.1. The van der Waals surface area contributed by atoms with Crippen LogP contribution in [0, 0.1) is 5.92 Å². The predicted octanol–water partition coefficient (Wildman–Crippen LogP) is 3.23. The molecule has 28 heavy (non-hydrogen) atoms. The van der Waals surface area contributed by atoms with Crippen LogP contribution in [0.15, 0.2) is 5.51 Å². The maximum Gasteiger partial charge on any atom is 0.409 e. The van der Waals surface area contributed by atoms with E-state index in [0.29, 0.717) is 18.7 Å². The van der Waals surface area contributed by atoms with E-state index in [9.17, 15) is 4.79 Å². The minimum absolute atomic E-state index is 0.139. The van der Waals surface area contributed by atoms with Gasteiger partial charge in [0.2, 0.25) is 5.13 Å². The number of carbonyl (C=O) groups excluding carboxylic acids is 1. The molecule has 3 fully saturated rings. The number of likely N-dealkylation sites (tertiary alicyclic amines) is 2. The third-order valence-electron chi connectivity index (χ3n) is 6.75. The summed E-state index contributed by atoms with van der Waals surface area (Å²) in [5.74, 6) is 0.768. The Morgan fingerprint density at radius 2 is 1.93 bits per heavy atom. The van der Waals surface area contributed by atoms with Crippen LogP contribution in [-0.2, 0) is 4.74 Å². The minimum atomic E-state index is -0.139. The summed E-state index contributed by atoms with van der Waals surface area (Å²) < 4.78 is 5.19. The maximum atomic E-state index is 12.0. The molecule has 4 rings (SSSR count). The number of amides is 1. The molecule has 156 valence electrons. The highest BCUT2D eigenvalue weighted by Gasteiger charge is 2.36. The molecule has 0 bridgehead atoms. The van der Waals surface area contributed by atoms with Gasteiger partial charge in [-0.3, -0.25) is 0 Å². The van der Waals surface area contributed by atoms with Gasteiger partial charge in [-0.25, -0.2) is 4.79 Å². The van der Waals surface area contributed by atoms with Gasteiger partial charge >= 0.3 is 6.09 Å². The summed E-state index contributed by atoms with van der Waals surface area (Å²) in [4.78, 5) is 19.1. The van der Waals surface area contributed by atoms with Gasteiger partial charge in [0.1, 0.15) is 5.51 Å². The van der Waals surface area contributed by atoms with E-state index in [1.54, 1.807) is 11.3 Å². The van der Waals surface area contributed by atoms with Crippen molar-refractivity contribution in [1.29, 1.82) is 0 Å². The molecule has 0 N–H and O–H groups in total. The largest absolute Gasteiger partial charge is 0.450 e. The van der Waals surface area contributed by atoms with E-state index in [2.05, 4.69) is 20.0 Å². The Labute approximate surface area is 172 Å². The van der Waals surface area contributed by atoms with Crippen LogP contribution < -0.4 is 4.90 Å². The standard InChI is InChI=1S/C20H33N5O2S/c1-2-27-20(26)24-10-3-5-17(9-14-24)23-12-7-16(8-13-23)18-6-4-11-25(18)19-22-21-15-28-19/h15-18H,2-14H2,1H3. The summed E-state index contributed by atoms with van der Waals surface area (Å²) in [6, 6.07) is 1.26. The molecule has 1 amide bonds. The van der Waals surface area contributed by atoms with Gasteiger partial charge < -0.3 is 19.4 Å². The van der Waals surface area contributed by atoms with Gasteiger partial charge in [0.15, 0.2) is 0 Å². The van der Waals surface area contributed by atoms with Crippen LogP contribution in [0.25, 0.3) is 0 Å². The number of ether oxygens (including phenoxy) is 1. The first-order valence-corrected chi connectivity index (χ1v) is 11.8. The van der Waals surface area contributed by atoms with E-state index < -0.39 is 0 Å². The van der Waals surface area contributed by atoms with Crippen LogP contribution in [0.1, 0.15) is 51.9 Å². The average Bonchev–Trinajstić information content (AvgIpc) is 3.35. The fourth-order valence-electron chi connectivity index (χ4n) is 5.32. The van der Waals surface area contributed by atoms with Crippen molar-refractivity contribution >= 4 is 22.6 Å². The van der Waals surface area contributed by atoms with Gasteiger partial charge in [0.05, 0.1) is 6.61 Å². The van der Waals surface area contributed by atoms with E-state index in [4.69, 9.17) is 4.74 Å². The Morgan fingerprint density at radius 1 is 1.11 bits per heavy atom. The molecule has 7 nitrogen and oxygen atoms in total. The summed E-state index contributed by atoms with van der Waals surface area (Å²) in [5.41, 5.74) is 1.85. The van der Waals surface area contributed by atoms with Crippen LogP contribution in [0.4, 0.5) is 9.93 Å². The smallest absolute Gasteiger partial charge is 0.409 e. The van der Waals surface area contributed by atoms with Crippen molar-refractivity contribution in [1.82, 2.24) is 20.0 Å². The van der Waals surface area contributed by atoms with Crippen LogP contribution in [0.3, 0.4) is 0 Å². The first kappa shape index (κ1) is 19.9. The Balaban J connectivity index is 1.28. The second kappa shape index (κ2) is 9.39. The molecule has 3 aliphatic rings. The number of piperidine rings is 1. The van der Waals surface area contributed by atoms with Crippen molar-refractivity contribution in [2.24, 2.45) is 5.92 Å². The highest BCUT2D eigenvalue weighted by Crippen LogP contribution is 2.35. The number of hydrogen-bond acceptors (Lipinski definition) is 7. The summed E-state index contributed by atoms with van der Waals surface area (Å²) in [6.07, 6.45) is 8.33.